The van der Waals surface area contributed by atoms with Gasteiger partial charge < -0.3 is 10.1 Å². The molecule has 2 aromatic rings. The van der Waals surface area contributed by atoms with E-state index >= 15 is 0 Å². The first-order chi connectivity index (χ1) is 8.31. The fourth-order valence-corrected chi connectivity index (χ4v) is 2.63. The summed E-state index contributed by atoms with van der Waals surface area (Å²) in [6.45, 7) is 2.83. The quantitative estimate of drug-likeness (QED) is 0.847. The van der Waals surface area contributed by atoms with Crippen LogP contribution >= 0.6 is 22.7 Å². The first-order valence-electron chi connectivity index (χ1n) is 5.16. The van der Waals surface area contributed by atoms with Crippen molar-refractivity contribution in [3.63, 3.8) is 0 Å². The minimum absolute atomic E-state index is 0.361. The van der Waals surface area contributed by atoms with Crippen molar-refractivity contribution in [1.29, 1.82) is 0 Å². The van der Waals surface area contributed by atoms with Crippen LogP contribution < -0.4 is 5.32 Å². The number of hydrogen-bond acceptors (Lipinski definition) is 6. The summed E-state index contributed by atoms with van der Waals surface area (Å²) in [4.78, 5) is 15.6. The van der Waals surface area contributed by atoms with Gasteiger partial charge in [-0.25, -0.2) is 9.78 Å². The average molecular weight is 268 g/mol. The Hall–Kier alpha value is -1.40. The second kappa shape index (κ2) is 5.79. The molecular weight excluding hydrogens is 256 g/mol. The molecule has 1 N–H and O–H groups in total. The maximum atomic E-state index is 11.6. The molecule has 0 aliphatic heterocycles. The van der Waals surface area contributed by atoms with Crippen LogP contribution in [0.25, 0.3) is 0 Å². The lowest BCUT2D eigenvalue weighted by Gasteiger charge is -2.04. The molecule has 0 radical (unpaired) electrons. The van der Waals surface area contributed by atoms with Gasteiger partial charge >= 0.3 is 5.97 Å². The standard InChI is InChI=1S/C11H12N2O2S2/c1-2-15-11(14)9-10(17-7-13-9)12-5-8-3-4-16-6-8/h3-4,6-7,12H,2,5H2,1H3. The SMILES string of the molecule is CCOC(=O)c1ncsc1NCc1ccsc1. The second-order valence-electron chi connectivity index (χ2n) is 3.24. The molecule has 0 spiro atoms. The second-order valence-corrected chi connectivity index (χ2v) is 4.87. The molecule has 0 fully saturated rings. The predicted octanol–water partition coefficient (Wildman–Crippen LogP) is 2.99. The van der Waals surface area contributed by atoms with Crippen LogP contribution in [-0.4, -0.2) is 17.6 Å². The Labute approximate surface area is 107 Å². The maximum Gasteiger partial charge on any atom is 0.360 e. The van der Waals surface area contributed by atoms with Crippen molar-refractivity contribution in [2.45, 2.75) is 13.5 Å². The van der Waals surface area contributed by atoms with Crippen LogP contribution in [0.5, 0.6) is 0 Å². The van der Waals surface area contributed by atoms with Gasteiger partial charge in [-0.1, -0.05) is 0 Å². The predicted molar refractivity (Wildman–Crippen MR) is 69.7 cm³/mol. The Morgan fingerprint density at radius 2 is 2.47 bits per heavy atom. The number of carbonyl (C=O) groups excluding carboxylic acids is 1. The minimum atomic E-state index is -0.374. The Morgan fingerprint density at radius 3 is 3.18 bits per heavy atom. The summed E-state index contributed by atoms with van der Waals surface area (Å²) in [5.41, 5.74) is 3.20. The van der Waals surface area contributed by atoms with Crippen LogP contribution in [0.1, 0.15) is 23.0 Å². The molecule has 0 atom stereocenters. The van der Waals surface area contributed by atoms with Gasteiger partial charge in [-0.3, -0.25) is 0 Å². The van der Waals surface area contributed by atoms with E-state index in [1.165, 1.54) is 16.9 Å². The third-order valence-electron chi connectivity index (χ3n) is 2.07. The number of esters is 1. The molecule has 2 aromatic heterocycles. The highest BCUT2D eigenvalue weighted by Crippen LogP contribution is 2.22. The number of thiophene rings is 1. The Kier molecular flexibility index (Phi) is 4.11. The van der Waals surface area contributed by atoms with E-state index < -0.39 is 0 Å². The number of ether oxygens (including phenoxy) is 1. The van der Waals surface area contributed by atoms with Crippen LogP contribution in [0.3, 0.4) is 0 Å². The van der Waals surface area contributed by atoms with Gasteiger partial charge in [0.25, 0.3) is 0 Å². The minimum Gasteiger partial charge on any atom is -0.461 e. The highest BCUT2D eigenvalue weighted by atomic mass is 32.1. The largest absolute Gasteiger partial charge is 0.461 e. The van der Waals surface area contributed by atoms with Crippen molar-refractivity contribution in [1.82, 2.24) is 4.98 Å². The molecule has 0 saturated heterocycles. The van der Waals surface area contributed by atoms with Crippen LogP contribution in [0.4, 0.5) is 5.00 Å². The van der Waals surface area contributed by atoms with E-state index in [1.54, 1.807) is 23.8 Å². The molecule has 0 aliphatic carbocycles. The zero-order valence-electron chi connectivity index (χ0n) is 9.30. The lowest BCUT2D eigenvalue weighted by molar-refractivity contribution is 0.0521. The number of carbonyl (C=O) groups is 1. The maximum absolute atomic E-state index is 11.6. The van der Waals surface area contributed by atoms with Crippen LogP contribution in [0.2, 0.25) is 0 Å². The van der Waals surface area contributed by atoms with E-state index in [1.807, 2.05) is 11.4 Å². The smallest absolute Gasteiger partial charge is 0.360 e. The highest BCUT2D eigenvalue weighted by molar-refractivity contribution is 7.14. The Morgan fingerprint density at radius 1 is 1.59 bits per heavy atom. The molecule has 2 heterocycles. The van der Waals surface area contributed by atoms with Gasteiger partial charge in [0.15, 0.2) is 5.69 Å². The van der Waals surface area contributed by atoms with Crippen LogP contribution in [0.15, 0.2) is 22.3 Å². The number of rotatable bonds is 5. The van der Waals surface area contributed by atoms with Gasteiger partial charge in [0.05, 0.1) is 12.1 Å². The molecule has 0 saturated carbocycles. The molecule has 2 rings (SSSR count). The van der Waals surface area contributed by atoms with E-state index in [-0.39, 0.29) is 5.97 Å². The van der Waals surface area contributed by atoms with Gasteiger partial charge in [0.1, 0.15) is 5.00 Å². The topological polar surface area (TPSA) is 51.2 Å². The fourth-order valence-electron chi connectivity index (χ4n) is 1.29. The third-order valence-corrected chi connectivity index (χ3v) is 3.59. The van der Waals surface area contributed by atoms with Crippen molar-refractivity contribution >= 4 is 33.6 Å². The number of nitrogens with one attached hydrogen (secondary N) is 1. The van der Waals surface area contributed by atoms with Gasteiger partial charge in [-0.2, -0.15) is 11.3 Å². The molecular formula is C11H12N2O2S2. The molecule has 6 heteroatoms. The molecule has 0 aromatic carbocycles. The van der Waals surface area contributed by atoms with Gasteiger partial charge in [-0.05, 0) is 29.3 Å². The monoisotopic (exact) mass is 268 g/mol. The molecule has 0 unspecified atom stereocenters. The van der Waals surface area contributed by atoms with Gasteiger partial charge in [0, 0.05) is 6.54 Å². The Balaban J connectivity index is 2.01. The van der Waals surface area contributed by atoms with Gasteiger partial charge in [-0.15, -0.1) is 11.3 Å². The van der Waals surface area contributed by atoms with E-state index in [4.69, 9.17) is 4.74 Å². The number of anilines is 1. The average Bonchev–Trinajstić information content (AvgIpc) is 2.98. The molecule has 0 bridgehead atoms. The first kappa shape index (κ1) is 12.1. The molecule has 17 heavy (non-hydrogen) atoms. The van der Waals surface area contributed by atoms with Crippen molar-refractivity contribution in [2.24, 2.45) is 0 Å². The summed E-state index contributed by atoms with van der Waals surface area (Å²) < 4.78 is 4.93. The fraction of sp³-hybridized carbons (Fsp3) is 0.273. The summed E-state index contributed by atoms with van der Waals surface area (Å²) in [5, 5.41) is 8.05. The third kappa shape index (κ3) is 3.04. The van der Waals surface area contributed by atoms with Crippen LogP contribution in [-0.2, 0) is 11.3 Å². The van der Waals surface area contributed by atoms with E-state index in [9.17, 15) is 4.79 Å². The highest BCUT2D eigenvalue weighted by Gasteiger charge is 2.15. The van der Waals surface area contributed by atoms with Crippen molar-refractivity contribution in [3.8, 4) is 0 Å². The lowest BCUT2D eigenvalue weighted by Crippen LogP contribution is -2.08. The van der Waals surface area contributed by atoms with E-state index in [0.717, 1.165) is 5.00 Å². The lowest BCUT2D eigenvalue weighted by atomic mass is 10.3. The molecule has 4 nitrogen and oxygen atoms in total. The number of aromatic nitrogens is 1. The molecule has 0 aliphatic rings. The molecule has 90 valence electrons. The number of nitrogens with zero attached hydrogens (tertiary/aromatic N) is 1. The van der Waals surface area contributed by atoms with Crippen molar-refractivity contribution < 1.29 is 9.53 Å². The first-order valence-corrected chi connectivity index (χ1v) is 6.99. The van der Waals surface area contributed by atoms with E-state index in [2.05, 4.69) is 15.7 Å². The summed E-state index contributed by atoms with van der Waals surface area (Å²) in [7, 11) is 0. The zero-order chi connectivity index (χ0) is 12.1. The van der Waals surface area contributed by atoms with Gasteiger partial charge in [0.2, 0.25) is 0 Å². The Bertz CT molecular complexity index is 479. The normalized spacial score (nSPS) is 10.2. The summed E-state index contributed by atoms with van der Waals surface area (Å²) >= 11 is 3.06. The zero-order valence-corrected chi connectivity index (χ0v) is 10.9. The number of hydrogen-bond donors (Lipinski definition) is 1. The molecule has 0 amide bonds. The van der Waals surface area contributed by atoms with Crippen molar-refractivity contribution in [3.05, 3.63) is 33.6 Å². The van der Waals surface area contributed by atoms with Crippen molar-refractivity contribution in [2.75, 3.05) is 11.9 Å². The number of thiazole rings is 1. The van der Waals surface area contributed by atoms with E-state index in [0.29, 0.717) is 18.8 Å². The summed E-state index contributed by atoms with van der Waals surface area (Å²) in [6.07, 6.45) is 0. The van der Waals surface area contributed by atoms with Crippen LogP contribution in [0, 0.1) is 0 Å². The summed E-state index contributed by atoms with van der Waals surface area (Å²) in [5.74, 6) is -0.374. The summed E-state index contributed by atoms with van der Waals surface area (Å²) in [6, 6.07) is 2.04.